The summed E-state index contributed by atoms with van der Waals surface area (Å²) in [5.41, 5.74) is 2.24. The molecule has 3 N–H and O–H groups in total. The molecule has 3 amide bonds. The molecule has 2 unspecified atom stereocenters. The smallest absolute Gasteiger partial charge is 0.408 e. The third kappa shape index (κ3) is 9.29. The van der Waals surface area contributed by atoms with Crippen molar-refractivity contribution in [1.82, 2.24) is 15.5 Å². The number of carbonyl (C=O) groups excluding carboxylic acids is 4. The Labute approximate surface area is 236 Å². The van der Waals surface area contributed by atoms with Gasteiger partial charge in [0.15, 0.2) is 0 Å². The van der Waals surface area contributed by atoms with E-state index in [1.807, 2.05) is 26.8 Å². The van der Waals surface area contributed by atoms with Crippen LogP contribution >= 0.6 is 0 Å². The quantitative estimate of drug-likeness (QED) is 0.360. The summed E-state index contributed by atoms with van der Waals surface area (Å²) in [6.45, 7) is 10.6. The van der Waals surface area contributed by atoms with Crippen LogP contribution in [0.4, 0.5) is 4.79 Å². The van der Waals surface area contributed by atoms with Crippen molar-refractivity contribution in [1.29, 1.82) is 0 Å². The molecule has 2 aromatic rings. The molecular weight excluding hydrogens is 514 g/mol. The molecule has 0 spiro atoms. The van der Waals surface area contributed by atoms with Gasteiger partial charge in [-0.25, -0.2) is 4.79 Å². The Kier molecular flexibility index (Phi) is 11.5. The average molecular weight is 556 g/mol. The Balaban J connectivity index is 2.57. The van der Waals surface area contributed by atoms with E-state index in [-0.39, 0.29) is 25.3 Å². The predicted molar refractivity (Wildman–Crippen MR) is 151 cm³/mol. The van der Waals surface area contributed by atoms with E-state index in [1.54, 1.807) is 45.0 Å². The van der Waals surface area contributed by atoms with E-state index in [0.717, 1.165) is 11.1 Å². The number of hydrogen-bond donors (Lipinski definition) is 3. The molecular formula is C30H41N3O7. The number of nitrogens with one attached hydrogen (secondary N) is 2. The molecule has 0 aliphatic rings. The summed E-state index contributed by atoms with van der Waals surface area (Å²) in [5.74, 6) is -1.61. The summed E-state index contributed by atoms with van der Waals surface area (Å²) >= 11 is 0. The first kappa shape index (κ1) is 32.1. The molecule has 2 rings (SSSR count). The van der Waals surface area contributed by atoms with Crippen LogP contribution in [0.2, 0.25) is 0 Å². The van der Waals surface area contributed by atoms with Crippen LogP contribution in [-0.4, -0.2) is 65.7 Å². The second-order valence-corrected chi connectivity index (χ2v) is 10.6. The fourth-order valence-electron chi connectivity index (χ4n) is 4.17. The Morgan fingerprint density at radius 1 is 1.02 bits per heavy atom. The fraction of sp³-hybridized carbons (Fsp3) is 0.467. The largest absolute Gasteiger partial charge is 0.508 e. The third-order valence-electron chi connectivity index (χ3n) is 6.25. The number of aromatic hydroxyl groups is 1. The molecule has 2 aromatic carbocycles. The minimum atomic E-state index is -1.09. The van der Waals surface area contributed by atoms with E-state index in [1.165, 1.54) is 24.1 Å². The lowest BCUT2D eigenvalue weighted by Crippen LogP contribution is -2.54. The molecule has 0 saturated carbocycles. The maximum atomic E-state index is 14.3. The van der Waals surface area contributed by atoms with Crippen molar-refractivity contribution >= 4 is 23.9 Å². The van der Waals surface area contributed by atoms with Crippen LogP contribution < -0.4 is 10.6 Å². The molecule has 218 valence electrons. The number of rotatable bonds is 11. The fourth-order valence-corrected chi connectivity index (χ4v) is 4.17. The first-order valence-corrected chi connectivity index (χ1v) is 13.3. The summed E-state index contributed by atoms with van der Waals surface area (Å²) < 4.78 is 10.1. The monoisotopic (exact) mass is 555 g/mol. The molecule has 0 aliphatic heterocycles. The van der Waals surface area contributed by atoms with Gasteiger partial charge in [0, 0.05) is 13.0 Å². The zero-order valence-corrected chi connectivity index (χ0v) is 24.4. The Morgan fingerprint density at radius 2 is 1.68 bits per heavy atom. The zero-order valence-electron chi connectivity index (χ0n) is 24.4. The molecule has 0 radical (unpaired) electrons. The Morgan fingerprint density at radius 3 is 2.25 bits per heavy atom. The van der Waals surface area contributed by atoms with Gasteiger partial charge in [-0.15, -0.1) is 0 Å². The topological polar surface area (TPSA) is 134 Å². The van der Waals surface area contributed by atoms with Crippen LogP contribution in [0.3, 0.4) is 0 Å². The number of ether oxygens (including phenoxy) is 2. The molecule has 0 aromatic heterocycles. The summed E-state index contributed by atoms with van der Waals surface area (Å²) in [6.07, 6.45) is -0.169. The number of aryl methyl sites for hydroxylation is 1. The third-order valence-corrected chi connectivity index (χ3v) is 6.25. The van der Waals surface area contributed by atoms with Crippen LogP contribution in [-0.2, 0) is 30.3 Å². The SMILES string of the molecule is CCCN(C(=O)C(Cc1ccc(O)cc1)NC(=O)OC(C)(C)C)C(C(=O)NCC(=O)OC)c1cccc(C)c1C. The highest BCUT2D eigenvalue weighted by molar-refractivity contribution is 5.93. The number of benzene rings is 2. The molecule has 0 aliphatic carbocycles. The maximum absolute atomic E-state index is 14.3. The van der Waals surface area contributed by atoms with Crippen molar-refractivity contribution in [2.45, 2.75) is 72.1 Å². The molecule has 0 bridgehead atoms. The van der Waals surface area contributed by atoms with Crippen LogP contribution in [0.5, 0.6) is 5.75 Å². The van der Waals surface area contributed by atoms with E-state index >= 15 is 0 Å². The lowest BCUT2D eigenvalue weighted by molar-refractivity contribution is -0.144. The standard InChI is InChI=1S/C30H41N3O7/c1-8-16-33(26(27(36)31-18-25(35)39-7)23-11-9-10-19(2)20(23)3)28(37)24(32-29(38)40-30(4,5)6)17-21-12-14-22(34)15-13-21/h9-15,24,26,34H,8,16-18H2,1-7H3,(H,31,36)(H,32,38). The van der Waals surface area contributed by atoms with Gasteiger partial charge in [-0.2, -0.15) is 0 Å². The number of phenolic OH excluding ortho intramolecular Hbond substituents is 1. The number of carbonyl (C=O) groups is 4. The maximum Gasteiger partial charge on any atom is 0.408 e. The molecule has 0 heterocycles. The van der Waals surface area contributed by atoms with Crippen molar-refractivity contribution in [2.75, 3.05) is 20.2 Å². The van der Waals surface area contributed by atoms with Gasteiger partial charge in [0.1, 0.15) is 30.0 Å². The number of methoxy groups -OCH3 is 1. The molecule has 40 heavy (non-hydrogen) atoms. The van der Waals surface area contributed by atoms with Crippen molar-refractivity contribution in [2.24, 2.45) is 0 Å². The highest BCUT2D eigenvalue weighted by Crippen LogP contribution is 2.28. The van der Waals surface area contributed by atoms with Crippen molar-refractivity contribution in [3.63, 3.8) is 0 Å². The van der Waals surface area contributed by atoms with E-state index in [9.17, 15) is 24.3 Å². The lowest BCUT2D eigenvalue weighted by atomic mass is 9.94. The van der Waals surface area contributed by atoms with E-state index in [0.29, 0.717) is 17.5 Å². The predicted octanol–water partition coefficient (Wildman–Crippen LogP) is 3.71. The zero-order chi connectivity index (χ0) is 30.0. The van der Waals surface area contributed by atoms with Gasteiger partial charge >= 0.3 is 12.1 Å². The van der Waals surface area contributed by atoms with Gasteiger partial charge in [0.2, 0.25) is 11.8 Å². The van der Waals surface area contributed by atoms with Gasteiger partial charge in [-0.05, 0) is 75.4 Å². The van der Waals surface area contributed by atoms with E-state index in [2.05, 4.69) is 15.4 Å². The van der Waals surface area contributed by atoms with Crippen molar-refractivity contribution < 1.29 is 33.8 Å². The number of esters is 1. The van der Waals surface area contributed by atoms with Crippen LogP contribution in [0.25, 0.3) is 0 Å². The van der Waals surface area contributed by atoms with Gasteiger partial charge in [0.05, 0.1) is 7.11 Å². The Hall–Kier alpha value is -4.08. The highest BCUT2D eigenvalue weighted by atomic mass is 16.6. The second-order valence-electron chi connectivity index (χ2n) is 10.6. The van der Waals surface area contributed by atoms with Crippen molar-refractivity contribution in [3.05, 3.63) is 64.7 Å². The molecule has 10 nitrogen and oxygen atoms in total. The number of phenols is 1. The molecule has 2 atom stereocenters. The lowest BCUT2D eigenvalue weighted by Gasteiger charge is -2.35. The van der Waals surface area contributed by atoms with Gasteiger partial charge < -0.3 is 30.1 Å². The summed E-state index contributed by atoms with van der Waals surface area (Å²) in [5, 5.41) is 15.0. The van der Waals surface area contributed by atoms with Crippen molar-refractivity contribution in [3.8, 4) is 5.75 Å². The normalized spacial score (nSPS) is 12.6. The molecule has 0 fully saturated rings. The van der Waals surface area contributed by atoms with Gasteiger partial charge in [-0.1, -0.05) is 37.3 Å². The summed E-state index contributed by atoms with van der Waals surface area (Å²) in [4.78, 5) is 53.9. The first-order chi connectivity index (χ1) is 18.8. The summed E-state index contributed by atoms with van der Waals surface area (Å²) in [7, 11) is 1.22. The molecule has 10 heteroatoms. The summed E-state index contributed by atoms with van der Waals surface area (Å²) in [6, 6.07) is 9.61. The van der Waals surface area contributed by atoms with E-state index in [4.69, 9.17) is 4.74 Å². The van der Waals surface area contributed by atoms with E-state index < -0.39 is 41.6 Å². The Bertz CT molecular complexity index is 1190. The van der Waals surface area contributed by atoms with Gasteiger partial charge in [-0.3, -0.25) is 14.4 Å². The molecule has 0 saturated heterocycles. The number of nitrogens with zero attached hydrogens (tertiary/aromatic N) is 1. The first-order valence-electron chi connectivity index (χ1n) is 13.3. The minimum Gasteiger partial charge on any atom is -0.508 e. The number of alkyl carbamates (subject to hydrolysis) is 1. The highest BCUT2D eigenvalue weighted by Gasteiger charge is 2.37. The number of amides is 3. The number of hydrogen-bond acceptors (Lipinski definition) is 7. The van der Waals surface area contributed by atoms with Crippen LogP contribution in [0, 0.1) is 13.8 Å². The van der Waals surface area contributed by atoms with Crippen LogP contribution in [0.1, 0.15) is 62.4 Å². The van der Waals surface area contributed by atoms with Gasteiger partial charge in [0.25, 0.3) is 0 Å². The second kappa shape index (κ2) is 14.3. The minimum absolute atomic E-state index is 0.0663. The average Bonchev–Trinajstić information content (AvgIpc) is 2.88. The van der Waals surface area contributed by atoms with Crippen LogP contribution in [0.15, 0.2) is 42.5 Å².